The van der Waals surface area contributed by atoms with Gasteiger partial charge in [0.05, 0.1) is 31.5 Å². The van der Waals surface area contributed by atoms with Gasteiger partial charge in [-0.1, -0.05) is 32.1 Å². The van der Waals surface area contributed by atoms with Crippen molar-refractivity contribution in [1.29, 1.82) is 0 Å². The first kappa shape index (κ1) is 22.4. The van der Waals surface area contributed by atoms with Crippen molar-refractivity contribution in [3.8, 4) is 0 Å². The zero-order valence-electron chi connectivity index (χ0n) is 19.0. The van der Waals surface area contributed by atoms with Crippen LogP contribution in [0.3, 0.4) is 0 Å². The summed E-state index contributed by atoms with van der Waals surface area (Å²) in [5.74, 6) is -1.71. The zero-order valence-corrected chi connectivity index (χ0v) is 20.0. The van der Waals surface area contributed by atoms with Crippen molar-refractivity contribution < 1.29 is 18.4 Å². The number of H-pyrrole nitrogens is 1. The summed E-state index contributed by atoms with van der Waals surface area (Å²) in [6.45, 7) is 10.5. The SMILES string of the molecule is CC1(C)c2[nH]nc(NC(=O)C3([Si](C)(C)C)CCC3)c2CN1C(=O)Nc1cccc(F)c1F. The largest absolute Gasteiger partial charge is 0.323 e. The Kier molecular flexibility index (Phi) is 5.19. The summed E-state index contributed by atoms with van der Waals surface area (Å²) in [5, 5.41) is 12.5. The molecule has 1 fully saturated rings. The highest BCUT2D eigenvalue weighted by Gasteiger charge is 2.54. The minimum absolute atomic E-state index is 0.000226. The number of amides is 3. The molecule has 0 bridgehead atoms. The summed E-state index contributed by atoms with van der Waals surface area (Å²) in [6.07, 6.45) is 2.83. The quantitative estimate of drug-likeness (QED) is 0.549. The number of nitrogens with one attached hydrogen (secondary N) is 3. The van der Waals surface area contributed by atoms with Gasteiger partial charge in [-0.3, -0.25) is 9.89 Å². The molecule has 32 heavy (non-hydrogen) atoms. The molecule has 0 spiro atoms. The Bertz CT molecular complexity index is 1090. The van der Waals surface area contributed by atoms with Gasteiger partial charge in [0.25, 0.3) is 0 Å². The number of anilines is 2. The molecule has 7 nitrogen and oxygen atoms in total. The average Bonchev–Trinajstić information content (AvgIpc) is 3.15. The topological polar surface area (TPSA) is 90.1 Å². The van der Waals surface area contributed by atoms with Crippen molar-refractivity contribution in [2.24, 2.45) is 0 Å². The molecule has 3 amide bonds. The molecule has 2 heterocycles. The normalized spacial score (nSPS) is 18.7. The molecule has 3 N–H and O–H groups in total. The van der Waals surface area contributed by atoms with Crippen LogP contribution in [0.15, 0.2) is 18.2 Å². The van der Waals surface area contributed by atoms with Crippen LogP contribution in [0.5, 0.6) is 0 Å². The van der Waals surface area contributed by atoms with Crippen LogP contribution in [-0.4, -0.2) is 35.1 Å². The number of hydrogen-bond acceptors (Lipinski definition) is 3. The van der Waals surface area contributed by atoms with Crippen molar-refractivity contribution in [2.75, 3.05) is 10.6 Å². The van der Waals surface area contributed by atoms with Crippen molar-refractivity contribution in [1.82, 2.24) is 15.1 Å². The van der Waals surface area contributed by atoms with Gasteiger partial charge < -0.3 is 15.5 Å². The number of urea groups is 1. The summed E-state index contributed by atoms with van der Waals surface area (Å²) < 4.78 is 27.6. The predicted octanol–water partition coefficient (Wildman–Crippen LogP) is 5.17. The van der Waals surface area contributed by atoms with E-state index in [1.54, 1.807) is 0 Å². The molecule has 1 aromatic heterocycles. The molecule has 2 aliphatic rings. The summed E-state index contributed by atoms with van der Waals surface area (Å²) in [7, 11) is -1.75. The van der Waals surface area contributed by atoms with Gasteiger partial charge in [-0.2, -0.15) is 5.10 Å². The average molecular weight is 462 g/mol. The molecule has 1 saturated carbocycles. The maximum absolute atomic E-state index is 14.0. The fraction of sp³-hybridized carbons (Fsp3) is 0.500. The fourth-order valence-electron chi connectivity index (χ4n) is 4.80. The van der Waals surface area contributed by atoms with Gasteiger partial charge >= 0.3 is 6.03 Å². The van der Waals surface area contributed by atoms with Gasteiger partial charge in [0.1, 0.15) is 0 Å². The Hall–Kier alpha value is -2.75. The third-order valence-electron chi connectivity index (χ3n) is 7.22. The lowest BCUT2D eigenvalue weighted by Crippen LogP contribution is -2.52. The first-order valence-electron chi connectivity index (χ1n) is 10.8. The molecular weight excluding hydrogens is 432 g/mol. The minimum Gasteiger partial charge on any atom is -0.309 e. The Morgan fingerprint density at radius 2 is 1.84 bits per heavy atom. The van der Waals surface area contributed by atoms with Gasteiger partial charge in [0.15, 0.2) is 17.5 Å². The maximum Gasteiger partial charge on any atom is 0.323 e. The van der Waals surface area contributed by atoms with Crippen LogP contribution < -0.4 is 10.6 Å². The third-order valence-corrected chi connectivity index (χ3v) is 10.8. The van der Waals surface area contributed by atoms with Crippen LogP contribution in [0.1, 0.15) is 44.4 Å². The van der Waals surface area contributed by atoms with Crippen molar-refractivity contribution in [2.45, 2.75) is 69.9 Å². The molecule has 0 radical (unpaired) electrons. The van der Waals surface area contributed by atoms with E-state index in [1.807, 2.05) is 13.8 Å². The first-order chi connectivity index (χ1) is 14.9. The van der Waals surface area contributed by atoms with Gasteiger partial charge in [-0.15, -0.1) is 0 Å². The number of nitrogens with zero attached hydrogens (tertiary/aromatic N) is 2. The molecule has 0 unspecified atom stereocenters. The van der Waals surface area contributed by atoms with E-state index < -0.39 is 31.3 Å². The van der Waals surface area contributed by atoms with Gasteiger partial charge in [-0.05, 0) is 38.8 Å². The van der Waals surface area contributed by atoms with Gasteiger partial charge in [0.2, 0.25) is 5.91 Å². The van der Waals surface area contributed by atoms with E-state index >= 15 is 0 Å². The Labute approximate surface area is 187 Å². The molecule has 2 aromatic rings. The molecular formula is C22H29F2N5O2Si. The van der Waals surface area contributed by atoms with Crippen molar-refractivity contribution in [3.05, 3.63) is 41.1 Å². The number of halogens is 2. The highest BCUT2D eigenvalue weighted by molar-refractivity contribution is 6.83. The van der Waals surface area contributed by atoms with Crippen LogP contribution in [-0.2, 0) is 16.9 Å². The van der Waals surface area contributed by atoms with Gasteiger partial charge in [-0.25, -0.2) is 13.6 Å². The van der Waals surface area contributed by atoms with Crippen LogP contribution >= 0.6 is 0 Å². The molecule has 10 heteroatoms. The highest BCUT2D eigenvalue weighted by Crippen LogP contribution is 2.56. The monoisotopic (exact) mass is 461 g/mol. The number of aromatic amines is 1. The maximum atomic E-state index is 14.0. The van der Waals surface area contributed by atoms with E-state index in [-0.39, 0.29) is 23.2 Å². The number of carbonyl (C=O) groups is 2. The van der Waals surface area contributed by atoms with Crippen LogP contribution in [0.2, 0.25) is 24.7 Å². The lowest BCUT2D eigenvalue weighted by Gasteiger charge is -2.48. The number of fused-ring (bicyclic) bond motifs is 1. The molecule has 0 saturated heterocycles. The number of hydrogen-bond donors (Lipinski definition) is 3. The highest BCUT2D eigenvalue weighted by atomic mass is 28.3. The third kappa shape index (κ3) is 3.32. The molecule has 0 atom stereocenters. The second-order valence-corrected chi connectivity index (χ2v) is 15.7. The smallest absolute Gasteiger partial charge is 0.309 e. The van der Waals surface area contributed by atoms with Crippen LogP contribution in [0.4, 0.5) is 25.1 Å². The summed E-state index contributed by atoms with van der Waals surface area (Å²) >= 11 is 0. The number of rotatable bonds is 4. The van der Waals surface area contributed by atoms with E-state index in [0.29, 0.717) is 11.5 Å². The minimum atomic E-state index is -1.75. The van der Waals surface area contributed by atoms with E-state index in [0.717, 1.165) is 30.9 Å². The summed E-state index contributed by atoms with van der Waals surface area (Å²) in [5.41, 5.74) is 0.420. The second kappa shape index (κ2) is 7.40. The number of carbonyl (C=O) groups excluding carboxylic acids is 2. The summed E-state index contributed by atoms with van der Waals surface area (Å²) in [6, 6.07) is 3.06. The van der Waals surface area contributed by atoms with Crippen LogP contribution in [0, 0.1) is 11.6 Å². The predicted molar refractivity (Wildman–Crippen MR) is 121 cm³/mol. The molecule has 4 rings (SSSR count). The van der Waals surface area contributed by atoms with Crippen molar-refractivity contribution >= 4 is 31.5 Å². The standard InChI is InChI=1S/C22H29F2N5O2Si/c1-21(2)17-13(12-29(21)20(31)25-15-9-6-8-14(23)16(15)24)18(28-27-17)26-19(30)22(10-7-11-22)32(3,4)5/h6,8-9H,7,10-12H2,1-5H3,(H,25,31)(H2,26,27,28,30). The van der Waals surface area contributed by atoms with E-state index in [4.69, 9.17) is 0 Å². The Morgan fingerprint density at radius 1 is 1.16 bits per heavy atom. The molecule has 172 valence electrons. The molecule has 1 aromatic carbocycles. The lowest BCUT2D eigenvalue weighted by atomic mass is 9.83. The first-order valence-corrected chi connectivity index (χ1v) is 14.3. The number of aromatic nitrogens is 2. The molecule has 1 aliphatic carbocycles. The van der Waals surface area contributed by atoms with Crippen LogP contribution in [0.25, 0.3) is 0 Å². The fourth-order valence-corrected chi connectivity index (χ4v) is 7.40. The summed E-state index contributed by atoms with van der Waals surface area (Å²) in [4.78, 5) is 27.7. The van der Waals surface area contributed by atoms with Crippen molar-refractivity contribution in [3.63, 3.8) is 0 Å². The molecule has 1 aliphatic heterocycles. The lowest BCUT2D eigenvalue weighted by molar-refractivity contribution is -0.121. The Morgan fingerprint density at radius 3 is 2.44 bits per heavy atom. The number of benzene rings is 1. The van der Waals surface area contributed by atoms with E-state index in [1.165, 1.54) is 17.0 Å². The van der Waals surface area contributed by atoms with E-state index in [2.05, 4.69) is 40.5 Å². The van der Waals surface area contributed by atoms with Gasteiger partial charge in [0, 0.05) is 10.6 Å². The zero-order chi connectivity index (χ0) is 23.5. The van der Waals surface area contributed by atoms with E-state index in [9.17, 15) is 18.4 Å². The Balaban J connectivity index is 1.55. The second-order valence-electron chi connectivity index (χ2n) is 10.2.